The zero-order valence-electron chi connectivity index (χ0n) is 36.5. The number of nitrogens with zero attached hydrogens (tertiary/aromatic N) is 4. The van der Waals surface area contributed by atoms with Crippen molar-refractivity contribution < 1.29 is 4.42 Å². The molecule has 0 fully saturated rings. The molecule has 0 aliphatic heterocycles. The van der Waals surface area contributed by atoms with Crippen LogP contribution in [0.1, 0.15) is 0 Å². The zero-order valence-corrected chi connectivity index (χ0v) is 37.4. The van der Waals surface area contributed by atoms with E-state index in [1.54, 1.807) is 11.3 Å². The minimum Gasteiger partial charge on any atom is -0.456 e. The molecule has 0 spiro atoms. The Hall–Kier alpha value is -8.84. The number of para-hydroxylation sites is 3. The van der Waals surface area contributed by atoms with Gasteiger partial charge in [0, 0.05) is 64.4 Å². The maximum atomic E-state index is 6.27. The van der Waals surface area contributed by atoms with Crippen LogP contribution in [-0.2, 0) is 0 Å². The van der Waals surface area contributed by atoms with E-state index in [9.17, 15) is 0 Å². The molecule has 0 unspecified atom stereocenters. The SMILES string of the molecule is c1ccc(-c2cc3ccc4nc(N(c5ccc(-c6cccc7c8ccccc8n(-c8ccc9oc%10ccccc%10c9c8)c67)cc5)c5cccc6ccccc56)nc(-c5ccccc5)c4c3s2)cc1. The molecule has 14 aromatic rings. The Balaban J connectivity index is 0.967. The van der Waals surface area contributed by atoms with Gasteiger partial charge in [-0.3, -0.25) is 4.90 Å². The summed E-state index contributed by atoms with van der Waals surface area (Å²) in [7, 11) is 0. The van der Waals surface area contributed by atoms with E-state index in [0.717, 1.165) is 94.1 Å². The number of aromatic nitrogens is 3. The molecular formula is C62H38N4OS. The normalized spacial score (nSPS) is 11.8. The van der Waals surface area contributed by atoms with Gasteiger partial charge in [-0.05, 0) is 82.6 Å². The number of hydrogen-bond acceptors (Lipinski definition) is 5. The average molecular weight is 887 g/mol. The number of thiophene rings is 1. The van der Waals surface area contributed by atoms with Crippen LogP contribution in [0.4, 0.5) is 17.3 Å². The summed E-state index contributed by atoms with van der Waals surface area (Å²) in [6, 6.07) is 82.0. The van der Waals surface area contributed by atoms with Gasteiger partial charge in [0.15, 0.2) is 0 Å². The Labute approximate surface area is 395 Å². The second-order valence-electron chi connectivity index (χ2n) is 17.3. The third kappa shape index (κ3) is 6.08. The molecule has 0 atom stereocenters. The minimum atomic E-state index is 0.601. The standard InChI is InChI=1S/C62H38N4OS/c1-3-16-41(17-4-1)57-37-43-31-35-52-58(61(43)68-57)59(42-18-5-2-6-19-42)64-62(63-52)66(53-27-13-20-39-15-7-8-21-46(39)53)44-32-29-40(30-33-44)47-24-14-25-50-48-22-9-11-26-54(48)65(60(47)50)45-34-36-56-51(38-45)49-23-10-12-28-55(49)67-56/h1-38H. The third-order valence-electron chi connectivity index (χ3n) is 13.4. The van der Waals surface area contributed by atoms with Gasteiger partial charge in [-0.25, -0.2) is 9.97 Å². The van der Waals surface area contributed by atoms with Gasteiger partial charge in [0.05, 0.1) is 27.9 Å². The quantitative estimate of drug-likeness (QED) is 0.160. The molecule has 4 aromatic heterocycles. The molecule has 6 heteroatoms. The van der Waals surface area contributed by atoms with Gasteiger partial charge < -0.3 is 8.98 Å². The lowest BCUT2D eigenvalue weighted by Gasteiger charge is -2.26. The van der Waals surface area contributed by atoms with Gasteiger partial charge >= 0.3 is 0 Å². The second kappa shape index (κ2) is 15.4. The second-order valence-corrected chi connectivity index (χ2v) is 18.4. The van der Waals surface area contributed by atoms with E-state index in [-0.39, 0.29) is 0 Å². The fraction of sp³-hybridized carbons (Fsp3) is 0. The van der Waals surface area contributed by atoms with Gasteiger partial charge in [-0.2, -0.15) is 0 Å². The highest BCUT2D eigenvalue weighted by molar-refractivity contribution is 7.23. The van der Waals surface area contributed by atoms with E-state index in [1.165, 1.54) is 31.3 Å². The molecule has 5 nitrogen and oxygen atoms in total. The highest BCUT2D eigenvalue weighted by atomic mass is 32.1. The first-order valence-electron chi connectivity index (χ1n) is 22.9. The fourth-order valence-electron chi connectivity index (χ4n) is 10.3. The average Bonchev–Trinajstić information content (AvgIpc) is 4.12. The highest BCUT2D eigenvalue weighted by Crippen LogP contribution is 2.45. The first-order valence-corrected chi connectivity index (χ1v) is 23.7. The first-order chi connectivity index (χ1) is 33.7. The monoisotopic (exact) mass is 886 g/mol. The molecule has 4 heterocycles. The maximum Gasteiger partial charge on any atom is 0.235 e. The van der Waals surface area contributed by atoms with Gasteiger partial charge in [0.25, 0.3) is 0 Å². The molecule has 10 aromatic carbocycles. The molecular weight excluding hydrogens is 849 g/mol. The van der Waals surface area contributed by atoms with Crippen molar-refractivity contribution in [1.29, 1.82) is 0 Å². The molecule has 0 amide bonds. The Bertz CT molecular complexity index is 4260. The molecule has 0 bridgehead atoms. The summed E-state index contributed by atoms with van der Waals surface area (Å²) in [5, 5.41) is 9.11. The number of fused-ring (bicyclic) bond motifs is 10. The summed E-state index contributed by atoms with van der Waals surface area (Å²) in [4.78, 5) is 14.5. The van der Waals surface area contributed by atoms with Crippen LogP contribution in [0.2, 0.25) is 0 Å². The van der Waals surface area contributed by atoms with Crippen molar-refractivity contribution in [3.05, 3.63) is 231 Å². The van der Waals surface area contributed by atoms with E-state index < -0.39 is 0 Å². The minimum absolute atomic E-state index is 0.601. The molecule has 0 radical (unpaired) electrons. The lowest BCUT2D eigenvalue weighted by atomic mass is 10.0. The lowest BCUT2D eigenvalue weighted by molar-refractivity contribution is 0.669. The van der Waals surface area contributed by atoms with Crippen LogP contribution >= 0.6 is 11.3 Å². The Morgan fingerprint density at radius 1 is 0.456 bits per heavy atom. The molecule has 0 saturated heterocycles. The number of benzene rings is 10. The third-order valence-corrected chi connectivity index (χ3v) is 14.6. The van der Waals surface area contributed by atoms with Crippen LogP contribution in [0.5, 0.6) is 0 Å². The molecule has 0 N–H and O–H groups in total. The van der Waals surface area contributed by atoms with Crippen LogP contribution in [-0.4, -0.2) is 14.5 Å². The number of furan rings is 1. The Kier molecular flexibility index (Phi) is 8.69. The smallest absolute Gasteiger partial charge is 0.235 e. The van der Waals surface area contributed by atoms with Crippen molar-refractivity contribution in [2.75, 3.05) is 4.90 Å². The van der Waals surface area contributed by atoms with Crippen LogP contribution < -0.4 is 4.90 Å². The summed E-state index contributed by atoms with van der Waals surface area (Å²) < 4.78 is 9.87. The van der Waals surface area contributed by atoms with Gasteiger partial charge in [0.1, 0.15) is 11.2 Å². The first kappa shape index (κ1) is 38.4. The zero-order chi connectivity index (χ0) is 44.7. The molecule has 0 aliphatic carbocycles. The molecule has 318 valence electrons. The van der Waals surface area contributed by atoms with Gasteiger partial charge in [-0.15, -0.1) is 11.3 Å². The topological polar surface area (TPSA) is 47.1 Å². The number of hydrogen-bond donors (Lipinski definition) is 0. The van der Waals surface area contributed by atoms with Crippen molar-refractivity contribution in [3.8, 4) is 38.5 Å². The molecule has 0 aliphatic rings. The van der Waals surface area contributed by atoms with Crippen molar-refractivity contribution in [2.45, 2.75) is 0 Å². The number of anilines is 3. The van der Waals surface area contributed by atoms with Crippen LogP contribution in [0.3, 0.4) is 0 Å². The van der Waals surface area contributed by atoms with Crippen molar-refractivity contribution in [1.82, 2.24) is 14.5 Å². The highest BCUT2D eigenvalue weighted by Gasteiger charge is 2.24. The summed E-state index contributed by atoms with van der Waals surface area (Å²) >= 11 is 1.80. The van der Waals surface area contributed by atoms with Crippen molar-refractivity contribution in [2.24, 2.45) is 0 Å². The van der Waals surface area contributed by atoms with E-state index in [2.05, 4.69) is 228 Å². The Morgan fingerprint density at radius 3 is 2.00 bits per heavy atom. The fourth-order valence-corrected chi connectivity index (χ4v) is 11.5. The summed E-state index contributed by atoms with van der Waals surface area (Å²) in [6.07, 6.45) is 0. The Morgan fingerprint density at radius 2 is 1.15 bits per heavy atom. The van der Waals surface area contributed by atoms with Crippen molar-refractivity contribution in [3.63, 3.8) is 0 Å². The van der Waals surface area contributed by atoms with Crippen LogP contribution in [0.25, 0.3) is 114 Å². The summed E-state index contributed by atoms with van der Waals surface area (Å²) in [5.41, 5.74) is 13.4. The predicted molar refractivity (Wildman–Crippen MR) is 285 cm³/mol. The lowest BCUT2D eigenvalue weighted by Crippen LogP contribution is -2.14. The van der Waals surface area contributed by atoms with E-state index in [1.807, 2.05) is 12.1 Å². The largest absolute Gasteiger partial charge is 0.456 e. The van der Waals surface area contributed by atoms with Gasteiger partial charge in [0.2, 0.25) is 5.95 Å². The number of rotatable bonds is 7. The molecule has 0 saturated carbocycles. The van der Waals surface area contributed by atoms with Crippen LogP contribution in [0, 0.1) is 0 Å². The van der Waals surface area contributed by atoms with Gasteiger partial charge in [-0.1, -0.05) is 170 Å². The maximum absolute atomic E-state index is 6.27. The predicted octanol–water partition coefficient (Wildman–Crippen LogP) is 17.5. The van der Waals surface area contributed by atoms with E-state index >= 15 is 0 Å². The molecule has 14 rings (SSSR count). The van der Waals surface area contributed by atoms with Crippen LogP contribution in [0.15, 0.2) is 235 Å². The molecule has 68 heavy (non-hydrogen) atoms. The van der Waals surface area contributed by atoms with E-state index in [4.69, 9.17) is 14.4 Å². The summed E-state index contributed by atoms with van der Waals surface area (Å²) in [6.45, 7) is 0. The van der Waals surface area contributed by atoms with E-state index in [0.29, 0.717) is 5.95 Å². The summed E-state index contributed by atoms with van der Waals surface area (Å²) in [5.74, 6) is 0.601. The van der Waals surface area contributed by atoms with Crippen molar-refractivity contribution >= 4 is 104 Å².